The van der Waals surface area contributed by atoms with Gasteiger partial charge in [-0.2, -0.15) is 0 Å². The molecule has 1 heterocycles. The first-order valence-electron chi connectivity index (χ1n) is 5.43. The van der Waals surface area contributed by atoms with Crippen molar-refractivity contribution in [3.8, 4) is 0 Å². The average molecular weight is 198 g/mol. The Morgan fingerprint density at radius 3 is 3.07 bits per heavy atom. The molecule has 0 saturated carbocycles. The van der Waals surface area contributed by atoms with E-state index >= 15 is 0 Å². The van der Waals surface area contributed by atoms with Gasteiger partial charge in [-0.15, -0.1) is 0 Å². The molecule has 3 heteroatoms. The van der Waals surface area contributed by atoms with Crippen LogP contribution in [0.2, 0.25) is 0 Å². The number of hydrogen-bond donors (Lipinski definition) is 1. The number of ether oxygens (including phenoxy) is 1. The SMILES string of the molecule is COCC1CCCN(C/C=C/CN)C1. The van der Waals surface area contributed by atoms with E-state index < -0.39 is 0 Å². The van der Waals surface area contributed by atoms with Crippen LogP contribution in [-0.2, 0) is 4.74 Å². The number of hydrogen-bond acceptors (Lipinski definition) is 3. The van der Waals surface area contributed by atoms with Gasteiger partial charge in [0.1, 0.15) is 0 Å². The predicted molar refractivity (Wildman–Crippen MR) is 59.2 cm³/mol. The molecule has 1 saturated heterocycles. The van der Waals surface area contributed by atoms with Gasteiger partial charge in [-0.25, -0.2) is 0 Å². The number of nitrogens with zero attached hydrogens (tertiary/aromatic N) is 1. The van der Waals surface area contributed by atoms with Gasteiger partial charge in [0, 0.05) is 26.7 Å². The van der Waals surface area contributed by atoms with Crippen molar-refractivity contribution in [3.05, 3.63) is 12.2 Å². The van der Waals surface area contributed by atoms with E-state index in [1.807, 2.05) is 6.08 Å². The van der Waals surface area contributed by atoms with Crippen molar-refractivity contribution in [1.82, 2.24) is 4.90 Å². The first-order valence-corrected chi connectivity index (χ1v) is 5.43. The lowest BCUT2D eigenvalue weighted by Gasteiger charge is -2.31. The molecular weight excluding hydrogens is 176 g/mol. The lowest BCUT2D eigenvalue weighted by Crippen LogP contribution is -2.37. The van der Waals surface area contributed by atoms with Crippen LogP contribution in [0.15, 0.2) is 12.2 Å². The van der Waals surface area contributed by atoms with Crippen molar-refractivity contribution >= 4 is 0 Å². The van der Waals surface area contributed by atoms with E-state index in [1.165, 1.54) is 25.9 Å². The van der Waals surface area contributed by atoms with Crippen LogP contribution in [0.4, 0.5) is 0 Å². The zero-order valence-corrected chi connectivity index (χ0v) is 9.11. The summed E-state index contributed by atoms with van der Waals surface area (Å²) in [4.78, 5) is 2.47. The van der Waals surface area contributed by atoms with Crippen LogP contribution >= 0.6 is 0 Å². The molecule has 82 valence electrons. The smallest absolute Gasteiger partial charge is 0.0502 e. The van der Waals surface area contributed by atoms with Gasteiger partial charge in [0.2, 0.25) is 0 Å². The Morgan fingerprint density at radius 1 is 1.50 bits per heavy atom. The van der Waals surface area contributed by atoms with E-state index in [0.29, 0.717) is 6.54 Å². The van der Waals surface area contributed by atoms with E-state index in [4.69, 9.17) is 10.5 Å². The van der Waals surface area contributed by atoms with Crippen molar-refractivity contribution in [2.24, 2.45) is 11.7 Å². The second-order valence-corrected chi connectivity index (χ2v) is 3.93. The fourth-order valence-electron chi connectivity index (χ4n) is 2.01. The molecule has 2 N–H and O–H groups in total. The summed E-state index contributed by atoms with van der Waals surface area (Å²) >= 11 is 0. The van der Waals surface area contributed by atoms with Gasteiger partial charge in [0.25, 0.3) is 0 Å². The van der Waals surface area contributed by atoms with E-state index in [2.05, 4.69) is 11.0 Å². The second kappa shape index (κ2) is 6.98. The summed E-state index contributed by atoms with van der Waals surface area (Å²) in [7, 11) is 1.78. The van der Waals surface area contributed by atoms with Gasteiger partial charge >= 0.3 is 0 Å². The molecule has 14 heavy (non-hydrogen) atoms. The Hall–Kier alpha value is -0.380. The monoisotopic (exact) mass is 198 g/mol. The topological polar surface area (TPSA) is 38.5 Å². The molecule has 1 unspecified atom stereocenters. The molecule has 1 fully saturated rings. The molecule has 0 bridgehead atoms. The molecule has 0 radical (unpaired) electrons. The zero-order chi connectivity index (χ0) is 10.2. The number of methoxy groups -OCH3 is 1. The van der Waals surface area contributed by atoms with Crippen molar-refractivity contribution in [3.63, 3.8) is 0 Å². The molecule has 1 atom stereocenters. The Kier molecular flexibility index (Phi) is 5.83. The maximum absolute atomic E-state index is 5.39. The Balaban J connectivity index is 2.21. The van der Waals surface area contributed by atoms with Crippen LogP contribution in [0.1, 0.15) is 12.8 Å². The summed E-state index contributed by atoms with van der Waals surface area (Å²) in [5.74, 6) is 0.722. The van der Waals surface area contributed by atoms with E-state index in [1.54, 1.807) is 7.11 Å². The Morgan fingerprint density at radius 2 is 2.36 bits per heavy atom. The summed E-state index contributed by atoms with van der Waals surface area (Å²) in [6.45, 7) is 4.97. The van der Waals surface area contributed by atoms with Gasteiger partial charge in [0.15, 0.2) is 0 Å². The van der Waals surface area contributed by atoms with E-state index in [0.717, 1.165) is 19.1 Å². The van der Waals surface area contributed by atoms with Crippen molar-refractivity contribution in [2.45, 2.75) is 12.8 Å². The summed E-state index contributed by atoms with van der Waals surface area (Å²) < 4.78 is 5.19. The zero-order valence-electron chi connectivity index (χ0n) is 9.11. The number of nitrogens with two attached hydrogens (primary N) is 1. The van der Waals surface area contributed by atoms with Crippen LogP contribution in [0.3, 0.4) is 0 Å². The molecular formula is C11H22N2O. The van der Waals surface area contributed by atoms with E-state index in [9.17, 15) is 0 Å². The van der Waals surface area contributed by atoms with Gasteiger partial charge in [0.05, 0.1) is 6.61 Å². The first kappa shape index (κ1) is 11.7. The Labute approximate surface area is 86.9 Å². The lowest BCUT2D eigenvalue weighted by molar-refractivity contribution is 0.0960. The maximum atomic E-state index is 5.39. The molecule has 3 nitrogen and oxygen atoms in total. The molecule has 1 aliphatic rings. The maximum Gasteiger partial charge on any atom is 0.0502 e. The third kappa shape index (κ3) is 4.22. The third-order valence-electron chi connectivity index (χ3n) is 2.67. The van der Waals surface area contributed by atoms with Gasteiger partial charge < -0.3 is 10.5 Å². The van der Waals surface area contributed by atoms with Gasteiger partial charge in [-0.05, 0) is 25.3 Å². The second-order valence-electron chi connectivity index (χ2n) is 3.93. The van der Waals surface area contributed by atoms with Crippen LogP contribution in [0, 0.1) is 5.92 Å². The molecule has 0 aliphatic carbocycles. The van der Waals surface area contributed by atoms with Crippen molar-refractivity contribution < 1.29 is 4.74 Å². The third-order valence-corrected chi connectivity index (χ3v) is 2.67. The summed E-state index contributed by atoms with van der Waals surface area (Å²) in [6, 6.07) is 0. The minimum atomic E-state index is 0.648. The van der Waals surface area contributed by atoms with Gasteiger partial charge in [-0.3, -0.25) is 4.90 Å². The van der Waals surface area contributed by atoms with Crippen LogP contribution in [0.25, 0.3) is 0 Å². The lowest BCUT2D eigenvalue weighted by atomic mass is 9.99. The van der Waals surface area contributed by atoms with Crippen LogP contribution in [0.5, 0.6) is 0 Å². The molecule has 1 rings (SSSR count). The number of rotatable bonds is 5. The normalized spacial score (nSPS) is 24.6. The summed E-state index contributed by atoms with van der Waals surface area (Å²) in [6.07, 6.45) is 6.80. The van der Waals surface area contributed by atoms with Gasteiger partial charge in [-0.1, -0.05) is 12.2 Å². The molecule has 0 aromatic rings. The highest BCUT2D eigenvalue weighted by Crippen LogP contribution is 2.16. The highest BCUT2D eigenvalue weighted by molar-refractivity contribution is 4.87. The summed E-state index contributed by atoms with van der Waals surface area (Å²) in [5.41, 5.74) is 5.39. The Bertz CT molecular complexity index is 169. The quantitative estimate of drug-likeness (QED) is 0.666. The highest BCUT2D eigenvalue weighted by atomic mass is 16.5. The fraction of sp³-hybridized carbons (Fsp3) is 0.818. The largest absolute Gasteiger partial charge is 0.384 e. The van der Waals surface area contributed by atoms with Crippen molar-refractivity contribution in [1.29, 1.82) is 0 Å². The fourth-order valence-corrected chi connectivity index (χ4v) is 2.01. The minimum absolute atomic E-state index is 0.648. The van der Waals surface area contributed by atoms with E-state index in [-0.39, 0.29) is 0 Å². The first-order chi connectivity index (χ1) is 6.86. The number of piperidine rings is 1. The average Bonchev–Trinajstić information content (AvgIpc) is 2.19. The summed E-state index contributed by atoms with van der Waals surface area (Å²) in [5, 5.41) is 0. The molecule has 1 aliphatic heterocycles. The minimum Gasteiger partial charge on any atom is -0.384 e. The van der Waals surface area contributed by atoms with Crippen LogP contribution in [-0.4, -0.2) is 44.8 Å². The molecule has 0 aromatic heterocycles. The molecule has 0 aromatic carbocycles. The van der Waals surface area contributed by atoms with Crippen LogP contribution < -0.4 is 5.73 Å². The highest BCUT2D eigenvalue weighted by Gasteiger charge is 2.18. The molecule has 0 amide bonds. The van der Waals surface area contributed by atoms with Crippen molar-refractivity contribution in [2.75, 3.05) is 39.9 Å². The number of likely N-dealkylation sites (tertiary alicyclic amines) is 1. The standard InChI is InChI=1S/C11H22N2O/c1-14-10-11-5-4-8-13(9-11)7-3-2-6-12/h2-3,11H,4-10,12H2,1H3/b3-2+. The predicted octanol–water partition coefficient (Wildman–Crippen LogP) is 0.860. The molecule has 0 spiro atoms.